The van der Waals surface area contributed by atoms with E-state index in [1.807, 2.05) is 50.2 Å². The summed E-state index contributed by atoms with van der Waals surface area (Å²) in [6.45, 7) is 5.13. The van der Waals surface area contributed by atoms with Crippen LogP contribution >= 0.6 is 11.3 Å². The number of ether oxygens (including phenoxy) is 1. The van der Waals surface area contributed by atoms with Crippen molar-refractivity contribution in [2.75, 3.05) is 20.2 Å². The van der Waals surface area contributed by atoms with Crippen molar-refractivity contribution in [1.29, 1.82) is 0 Å². The second-order valence-corrected chi connectivity index (χ2v) is 10.2. The molecule has 0 bridgehead atoms. The smallest absolute Gasteiger partial charge is 0.315 e. The zero-order chi connectivity index (χ0) is 22.4. The first-order valence-electron chi connectivity index (χ1n) is 10.0. The molecular formula is C22H27N3O4S2. The number of nitrogens with one attached hydrogen (secondary N) is 2. The number of nitrogens with zero attached hydrogens (tertiary/aromatic N) is 1. The Bertz CT molecular complexity index is 1150. The minimum absolute atomic E-state index is 0.266. The first kappa shape index (κ1) is 23.1. The lowest BCUT2D eigenvalue weighted by atomic mass is 10.1. The van der Waals surface area contributed by atoms with Gasteiger partial charge >= 0.3 is 6.03 Å². The summed E-state index contributed by atoms with van der Waals surface area (Å²) in [4.78, 5) is 13.0. The summed E-state index contributed by atoms with van der Waals surface area (Å²) in [5.41, 5.74) is 0.983. The third-order valence-electron chi connectivity index (χ3n) is 4.92. The van der Waals surface area contributed by atoms with Gasteiger partial charge in [0.25, 0.3) is 10.0 Å². The fraction of sp³-hybridized carbons (Fsp3) is 0.318. The number of hydrogen-bond donors (Lipinski definition) is 2. The van der Waals surface area contributed by atoms with Gasteiger partial charge in [0.15, 0.2) is 0 Å². The number of carbonyl (C=O) groups excluding carboxylic acids is 1. The highest BCUT2D eigenvalue weighted by Crippen LogP contribution is 2.25. The molecule has 1 heterocycles. The van der Waals surface area contributed by atoms with Crippen LogP contribution < -0.4 is 15.4 Å². The number of methoxy groups -OCH3 is 1. The second-order valence-electron chi connectivity index (χ2n) is 6.89. The molecule has 9 heteroatoms. The summed E-state index contributed by atoms with van der Waals surface area (Å²) in [6.07, 6.45) is 0. The van der Waals surface area contributed by atoms with Crippen LogP contribution in [0.2, 0.25) is 0 Å². The minimum Gasteiger partial charge on any atom is -0.497 e. The Morgan fingerprint density at radius 3 is 2.35 bits per heavy atom. The van der Waals surface area contributed by atoms with E-state index in [0.29, 0.717) is 23.8 Å². The average Bonchev–Trinajstić information content (AvgIpc) is 3.26. The van der Waals surface area contributed by atoms with Crippen LogP contribution in [0.3, 0.4) is 0 Å². The number of fused-ring (bicyclic) bond motifs is 1. The molecule has 2 aromatic carbocycles. The number of carbonyl (C=O) groups is 1. The van der Waals surface area contributed by atoms with Gasteiger partial charge in [0.05, 0.1) is 13.7 Å². The molecule has 0 aliphatic carbocycles. The van der Waals surface area contributed by atoms with Gasteiger partial charge in [0.1, 0.15) is 9.96 Å². The molecule has 3 aromatic rings. The van der Waals surface area contributed by atoms with E-state index in [9.17, 15) is 13.2 Å². The lowest BCUT2D eigenvalue weighted by Gasteiger charge is -2.16. The second kappa shape index (κ2) is 10.1. The van der Waals surface area contributed by atoms with E-state index in [1.54, 1.807) is 19.2 Å². The highest BCUT2D eigenvalue weighted by molar-refractivity contribution is 7.91. The Morgan fingerprint density at radius 1 is 0.968 bits per heavy atom. The number of sulfonamides is 1. The molecule has 0 aliphatic rings. The van der Waals surface area contributed by atoms with Crippen molar-refractivity contribution in [3.63, 3.8) is 0 Å². The Balaban J connectivity index is 1.54. The molecule has 0 unspecified atom stereocenters. The molecule has 2 amide bonds. The largest absolute Gasteiger partial charge is 0.497 e. The summed E-state index contributed by atoms with van der Waals surface area (Å²) in [6, 6.07) is 14.9. The zero-order valence-electron chi connectivity index (χ0n) is 17.8. The van der Waals surface area contributed by atoms with Gasteiger partial charge in [-0.15, -0.1) is 11.3 Å². The van der Waals surface area contributed by atoms with Crippen molar-refractivity contribution in [2.24, 2.45) is 0 Å². The average molecular weight is 462 g/mol. The number of benzene rings is 2. The van der Waals surface area contributed by atoms with Gasteiger partial charge in [-0.05, 0) is 46.7 Å². The maximum atomic E-state index is 12.6. The summed E-state index contributed by atoms with van der Waals surface area (Å²) < 4.78 is 32.1. The number of hydrogen-bond acceptors (Lipinski definition) is 5. The normalized spacial score (nSPS) is 11.6. The van der Waals surface area contributed by atoms with Gasteiger partial charge in [0, 0.05) is 24.5 Å². The molecule has 0 saturated heterocycles. The number of urea groups is 1. The van der Waals surface area contributed by atoms with Crippen LogP contribution in [-0.4, -0.2) is 39.0 Å². The lowest BCUT2D eigenvalue weighted by Crippen LogP contribution is -2.34. The molecular weight excluding hydrogens is 434 g/mol. The SMILES string of the molecule is CCN(CC)S(=O)(=O)c1ccc(CNC(=O)NCc2ccc3cc(OC)ccc3c2)s1. The van der Waals surface area contributed by atoms with E-state index in [4.69, 9.17) is 4.74 Å². The van der Waals surface area contributed by atoms with Crippen molar-refractivity contribution in [3.05, 3.63) is 59.0 Å². The Labute approximate surface area is 187 Å². The molecule has 166 valence electrons. The molecule has 1 aromatic heterocycles. The van der Waals surface area contributed by atoms with Gasteiger partial charge in [-0.2, -0.15) is 4.31 Å². The van der Waals surface area contributed by atoms with E-state index in [1.165, 1.54) is 15.6 Å². The topological polar surface area (TPSA) is 87.7 Å². The van der Waals surface area contributed by atoms with Crippen LogP contribution in [0.5, 0.6) is 5.75 Å². The molecule has 0 saturated carbocycles. The first-order chi connectivity index (χ1) is 14.9. The van der Waals surface area contributed by atoms with Gasteiger partial charge in [-0.25, -0.2) is 13.2 Å². The van der Waals surface area contributed by atoms with Gasteiger partial charge < -0.3 is 15.4 Å². The third-order valence-corrected chi connectivity index (χ3v) is 8.53. The van der Waals surface area contributed by atoms with E-state index in [0.717, 1.165) is 27.0 Å². The van der Waals surface area contributed by atoms with Crippen LogP contribution in [0.25, 0.3) is 10.8 Å². The van der Waals surface area contributed by atoms with Crippen molar-refractivity contribution in [2.45, 2.75) is 31.1 Å². The quantitative estimate of drug-likeness (QED) is 0.505. The number of thiophene rings is 1. The van der Waals surface area contributed by atoms with Crippen molar-refractivity contribution in [1.82, 2.24) is 14.9 Å². The minimum atomic E-state index is -3.47. The predicted molar refractivity (Wildman–Crippen MR) is 124 cm³/mol. The standard InChI is InChI=1S/C22H27N3O4S2/c1-4-25(5-2)31(27,28)21-11-10-20(30-21)15-24-22(26)23-14-16-6-7-18-13-19(29-3)9-8-17(18)12-16/h6-13H,4-5,14-15H2,1-3H3,(H2,23,24,26). The summed E-state index contributed by atoms with van der Waals surface area (Å²) in [5.74, 6) is 0.805. The predicted octanol–water partition coefficient (Wildman–Crippen LogP) is 3.94. The van der Waals surface area contributed by atoms with Crippen LogP contribution in [0.1, 0.15) is 24.3 Å². The molecule has 0 spiro atoms. The maximum Gasteiger partial charge on any atom is 0.315 e. The molecule has 0 fully saturated rings. The third kappa shape index (κ3) is 5.55. The van der Waals surface area contributed by atoms with Crippen LogP contribution in [-0.2, 0) is 23.1 Å². The maximum absolute atomic E-state index is 12.6. The first-order valence-corrected chi connectivity index (χ1v) is 12.3. The number of amides is 2. The lowest BCUT2D eigenvalue weighted by molar-refractivity contribution is 0.240. The van der Waals surface area contributed by atoms with Crippen molar-refractivity contribution in [3.8, 4) is 5.75 Å². The Kier molecular flexibility index (Phi) is 7.53. The Morgan fingerprint density at radius 2 is 1.65 bits per heavy atom. The molecule has 0 atom stereocenters. The molecule has 0 aliphatic heterocycles. The van der Waals surface area contributed by atoms with Gasteiger partial charge in [-0.3, -0.25) is 0 Å². The zero-order valence-corrected chi connectivity index (χ0v) is 19.5. The molecule has 2 N–H and O–H groups in total. The van der Waals surface area contributed by atoms with Gasteiger partial charge in [0.2, 0.25) is 0 Å². The fourth-order valence-corrected chi connectivity index (χ4v) is 6.11. The molecule has 3 rings (SSSR count). The fourth-order valence-electron chi connectivity index (χ4n) is 3.21. The van der Waals surface area contributed by atoms with Gasteiger partial charge in [-0.1, -0.05) is 32.0 Å². The number of rotatable bonds is 9. The van der Waals surface area contributed by atoms with E-state index in [2.05, 4.69) is 10.6 Å². The van der Waals surface area contributed by atoms with Crippen LogP contribution in [0.15, 0.2) is 52.7 Å². The van der Waals surface area contributed by atoms with Crippen molar-refractivity contribution < 1.29 is 17.9 Å². The molecule has 7 nitrogen and oxygen atoms in total. The summed E-state index contributed by atoms with van der Waals surface area (Å²) >= 11 is 1.18. The van der Waals surface area contributed by atoms with Crippen molar-refractivity contribution >= 4 is 38.2 Å². The van der Waals surface area contributed by atoms with Crippen LogP contribution in [0, 0.1) is 0 Å². The molecule has 31 heavy (non-hydrogen) atoms. The summed E-state index contributed by atoms with van der Waals surface area (Å²) in [5, 5.41) is 7.75. The highest BCUT2D eigenvalue weighted by atomic mass is 32.2. The van der Waals surface area contributed by atoms with E-state index >= 15 is 0 Å². The Hall–Kier alpha value is -2.62. The monoisotopic (exact) mass is 461 g/mol. The van der Waals surface area contributed by atoms with E-state index < -0.39 is 10.0 Å². The molecule has 0 radical (unpaired) electrons. The summed E-state index contributed by atoms with van der Waals surface area (Å²) in [7, 11) is -1.83. The van der Waals surface area contributed by atoms with E-state index in [-0.39, 0.29) is 12.6 Å². The highest BCUT2D eigenvalue weighted by Gasteiger charge is 2.23. The van der Waals surface area contributed by atoms with Crippen LogP contribution in [0.4, 0.5) is 4.79 Å².